The zero-order valence-electron chi connectivity index (χ0n) is 20.1. The Hall–Kier alpha value is -2.67. The Balaban J connectivity index is 0.000000762. The summed E-state index contributed by atoms with van der Waals surface area (Å²) in [4.78, 5) is 21.3. The summed E-state index contributed by atoms with van der Waals surface area (Å²) in [6, 6.07) is 1.87. The molecule has 8 nitrogen and oxygen atoms in total. The smallest absolute Gasteiger partial charge is 0.475 e. The van der Waals surface area contributed by atoms with E-state index in [1.807, 2.05) is 39.3 Å². The largest absolute Gasteiger partial charge is 0.490 e. The van der Waals surface area contributed by atoms with Crippen LogP contribution in [-0.2, 0) is 14.8 Å². The van der Waals surface area contributed by atoms with Crippen LogP contribution in [0.1, 0.15) is 70.4 Å². The molecule has 198 valence electrons. The molecule has 35 heavy (non-hydrogen) atoms. The second kappa shape index (κ2) is 11.8. The highest BCUT2D eigenvalue weighted by Gasteiger charge is 2.38. The van der Waals surface area contributed by atoms with Crippen molar-refractivity contribution in [2.45, 2.75) is 71.0 Å². The Morgan fingerprint density at radius 2 is 1.63 bits per heavy atom. The topological polar surface area (TPSA) is 125 Å². The fraction of sp³-hybridized carbons (Fsp3) is 0.545. The minimum absolute atomic E-state index is 0.0478. The van der Waals surface area contributed by atoms with Gasteiger partial charge in [0.05, 0.1) is 0 Å². The number of sulfonamides is 1. The van der Waals surface area contributed by atoms with Crippen LogP contribution in [0, 0.1) is 5.82 Å². The van der Waals surface area contributed by atoms with Crippen molar-refractivity contribution in [1.82, 2.24) is 10.0 Å². The van der Waals surface area contributed by atoms with Gasteiger partial charge in [-0.25, -0.2) is 27.1 Å². The van der Waals surface area contributed by atoms with E-state index in [-0.39, 0.29) is 17.7 Å². The summed E-state index contributed by atoms with van der Waals surface area (Å²) < 4.78 is 72.3. The van der Waals surface area contributed by atoms with Crippen LogP contribution < -0.4 is 15.4 Å². The highest BCUT2D eigenvalue weighted by molar-refractivity contribution is 7.92. The van der Waals surface area contributed by atoms with Gasteiger partial charge in [0.25, 0.3) is 10.0 Å². The van der Waals surface area contributed by atoms with E-state index in [2.05, 4.69) is 10.6 Å². The zero-order chi connectivity index (χ0) is 27.2. The zero-order valence-corrected chi connectivity index (χ0v) is 20.9. The van der Waals surface area contributed by atoms with Crippen LogP contribution in [0.5, 0.6) is 0 Å². The summed E-state index contributed by atoms with van der Waals surface area (Å²) in [6.07, 6.45) is -1.72. The Bertz CT molecular complexity index is 1020. The van der Waals surface area contributed by atoms with Crippen LogP contribution in [-0.4, -0.2) is 43.8 Å². The summed E-state index contributed by atoms with van der Waals surface area (Å²) in [7, 11) is -3.96. The number of halogens is 4. The third-order valence-electron chi connectivity index (χ3n) is 5.14. The highest BCUT2D eigenvalue weighted by Crippen LogP contribution is 2.33. The van der Waals surface area contributed by atoms with Crippen LogP contribution in [0.3, 0.4) is 0 Å². The van der Waals surface area contributed by atoms with Gasteiger partial charge in [-0.1, -0.05) is 33.8 Å². The molecule has 0 saturated carbocycles. The van der Waals surface area contributed by atoms with Crippen molar-refractivity contribution in [1.29, 1.82) is 0 Å². The van der Waals surface area contributed by atoms with E-state index in [1.165, 1.54) is 12.1 Å². The molecule has 2 amide bonds. The van der Waals surface area contributed by atoms with E-state index in [1.54, 1.807) is 6.08 Å². The molecule has 1 aliphatic rings. The molecule has 0 bridgehead atoms. The molecule has 1 aromatic rings. The fourth-order valence-electron chi connectivity index (χ4n) is 3.31. The van der Waals surface area contributed by atoms with Crippen LogP contribution in [0.2, 0.25) is 0 Å². The Kier molecular flexibility index (Phi) is 10.3. The maximum absolute atomic E-state index is 14.0. The first kappa shape index (κ1) is 30.4. The quantitative estimate of drug-likeness (QED) is 0.395. The number of benzene rings is 1. The van der Waals surface area contributed by atoms with Crippen molar-refractivity contribution < 1.29 is 40.7 Å². The average molecular weight is 526 g/mol. The molecule has 4 N–H and O–H groups in total. The lowest BCUT2D eigenvalue weighted by Crippen LogP contribution is -2.36. The number of amides is 2. The first-order valence-corrected chi connectivity index (χ1v) is 12.3. The monoisotopic (exact) mass is 525 g/mol. The number of alkyl halides is 3. The summed E-state index contributed by atoms with van der Waals surface area (Å²) >= 11 is 0. The molecule has 1 heterocycles. The van der Waals surface area contributed by atoms with Gasteiger partial charge in [-0.3, -0.25) is 0 Å². The third-order valence-corrected chi connectivity index (χ3v) is 6.11. The second-order valence-corrected chi connectivity index (χ2v) is 10.5. The lowest BCUT2D eigenvalue weighted by molar-refractivity contribution is -0.192. The number of carbonyl (C=O) groups excluding carboxylic acids is 1. The van der Waals surface area contributed by atoms with Gasteiger partial charge in [0, 0.05) is 16.6 Å². The molecule has 2 rings (SSSR count). The summed E-state index contributed by atoms with van der Waals surface area (Å²) in [5.41, 5.74) is 1.30. The van der Waals surface area contributed by atoms with Crippen molar-refractivity contribution >= 4 is 27.7 Å². The van der Waals surface area contributed by atoms with Crippen LogP contribution in [0.25, 0.3) is 0 Å². The second-order valence-electron chi connectivity index (χ2n) is 8.92. The number of anilines is 1. The lowest BCUT2D eigenvalue weighted by atomic mass is 9.92. The Morgan fingerprint density at radius 3 is 2.00 bits per heavy atom. The molecule has 0 radical (unpaired) electrons. The van der Waals surface area contributed by atoms with E-state index in [0.29, 0.717) is 16.8 Å². The Labute approximate surface area is 202 Å². The molecular formula is C22H31F4N3O5S. The number of urea groups is 1. The van der Waals surface area contributed by atoms with Crippen LogP contribution in [0.4, 0.5) is 28.0 Å². The number of carboxylic acids is 1. The maximum Gasteiger partial charge on any atom is 0.490 e. The van der Waals surface area contributed by atoms with Crippen LogP contribution in [0.15, 0.2) is 23.6 Å². The number of rotatable bonds is 6. The van der Waals surface area contributed by atoms with E-state index in [4.69, 9.17) is 9.90 Å². The van der Waals surface area contributed by atoms with Crippen molar-refractivity contribution in [2.24, 2.45) is 0 Å². The van der Waals surface area contributed by atoms with Crippen molar-refractivity contribution in [2.75, 3.05) is 11.9 Å². The summed E-state index contributed by atoms with van der Waals surface area (Å²) in [5.74, 6) is -3.24. The van der Waals surface area contributed by atoms with Gasteiger partial charge in [0.2, 0.25) is 0 Å². The average Bonchev–Trinajstić information content (AvgIpc) is 3.13. The van der Waals surface area contributed by atoms with E-state index >= 15 is 0 Å². The normalized spacial score (nSPS) is 18.5. The Morgan fingerprint density at radius 1 is 1.14 bits per heavy atom. The predicted octanol–water partition coefficient (Wildman–Crippen LogP) is 4.81. The number of hydrogen-bond acceptors (Lipinski definition) is 5. The van der Waals surface area contributed by atoms with Gasteiger partial charge in [-0.05, 0) is 61.4 Å². The summed E-state index contributed by atoms with van der Waals surface area (Å²) in [6.45, 7) is 10.3. The molecule has 0 spiro atoms. The first-order chi connectivity index (χ1) is 15.9. The molecule has 1 saturated heterocycles. The van der Waals surface area contributed by atoms with Gasteiger partial charge in [0.15, 0.2) is 0 Å². The first-order valence-electron chi connectivity index (χ1n) is 10.8. The molecular weight excluding hydrogens is 494 g/mol. The number of carbonyl (C=O) groups is 2. The molecule has 1 aromatic carbocycles. The number of carboxylic acid groups (broad SMARTS) is 1. The number of nitrogens with one attached hydrogen (secondary N) is 3. The van der Waals surface area contributed by atoms with E-state index in [9.17, 15) is 30.8 Å². The minimum atomic E-state index is -5.08. The molecule has 1 aliphatic heterocycles. The fourth-order valence-corrected chi connectivity index (χ4v) is 4.16. The standard InChI is InChI=1S/C20H30FN3O3S.C2HF3O2/c1-13(2)16-11-15(21)12-17(14(3)4)18(16)23-19(25)24-28(26,27)10-8-20(5)7-6-9-22-20;3-2(4,5)1(6)7/h8,10-14,22H,6-7,9H2,1-5H3,(H2,23,24,25);(H,6,7)/b10-8+;/t20-;/m0./s1. The third kappa shape index (κ3) is 9.84. The maximum atomic E-state index is 14.0. The van der Waals surface area contributed by atoms with Crippen LogP contribution >= 0.6 is 0 Å². The molecule has 0 unspecified atom stereocenters. The van der Waals surface area contributed by atoms with Gasteiger partial charge in [-0.2, -0.15) is 13.2 Å². The molecule has 1 atom stereocenters. The van der Waals surface area contributed by atoms with E-state index < -0.39 is 33.7 Å². The molecule has 13 heteroatoms. The van der Waals surface area contributed by atoms with Crippen molar-refractivity contribution in [3.63, 3.8) is 0 Å². The minimum Gasteiger partial charge on any atom is -0.475 e. The molecule has 0 aromatic heterocycles. The SMILES string of the molecule is CC(C)c1cc(F)cc(C(C)C)c1NC(=O)NS(=O)(=O)/C=C/[C@]1(C)CCCN1.O=C(O)C(F)(F)F. The van der Waals surface area contributed by atoms with E-state index in [0.717, 1.165) is 24.8 Å². The molecule has 1 fully saturated rings. The van der Waals surface area contributed by atoms with Gasteiger partial charge in [0.1, 0.15) is 5.82 Å². The van der Waals surface area contributed by atoms with Crippen molar-refractivity contribution in [3.05, 3.63) is 40.6 Å². The predicted molar refractivity (Wildman–Crippen MR) is 124 cm³/mol. The number of hydrogen-bond donors (Lipinski definition) is 4. The highest BCUT2D eigenvalue weighted by atomic mass is 32.2. The number of aliphatic carboxylic acids is 1. The van der Waals surface area contributed by atoms with Gasteiger partial charge in [-0.15, -0.1) is 0 Å². The summed E-state index contributed by atoms with van der Waals surface area (Å²) in [5, 5.41) is 14.0. The lowest BCUT2D eigenvalue weighted by Gasteiger charge is -2.21. The van der Waals surface area contributed by atoms with Gasteiger partial charge >= 0.3 is 18.2 Å². The van der Waals surface area contributed by atoms with Crippen molar-refractivity contribution in [3.8, 4) is 0 Å². The van der Waals surface area contributed by atoms with Gasteiger partial charge < -0.3 is 15.7 Å². The molecule has 0 aliphatic carbocycles.